The maximum absolute atomic E-state index is 5.88. The summed E-state index contributed by atoms with van der Waals surface area (Å²) < 4.78 is 5.88. The first kappa shape index (κ1) is 15.5. The van der Waals surface area contributed by atoms with E-state index in [0.717, 1.165) is 39.0 Å². The minimum absolute atomic E-state index is 0.589. The van der Waals surface area contributed by atoms with Gasteiger partial charge in [-0.1, -0.05) is 60.7 Å². The van der Waals surface area contributed by atoms with Gasteiger partial charge in [-0.2, -0.15) is 0 Å². The van der Waals surface area contributed by atoms with Crippen molar-refractivity contribution in [2.24, 2.45) is 0 Å². The summed E-state index contributed by atoms with van der Waals surface area (Å²) in [6.45, 7) is 4.65. The number of hydrogen-bond donors (Lipinski definition) is 1. The number of hydrogen-bond acceptors (Lipinski definition) is 2. The highest BCUT2D eigenvalue weighted by molar-refractivity contribution is 6.02. The molecule has 0 atom stereocenters. The number of nitrogens with zero attached hydrogens (tertiary/aromatic N) is 1. The Morgan fingerprint density at radius 2 is 1.56 bits per heavy atom. The minimum atomic E-state index is 0.589. The molecule has 0 aliphatic carbocycles. The van der Waals surface area contributed by atoms with Crippen molar-refractivity contribution in [2.45, 2.75) is 13.8 Å². The van der Waals surface area contributed by atoms with Gasteiger partial charge in [0, 0.05) is 16.6 Å². The van der Waals surface area contributed by atoms with E-state index in [2.05, 4.69) is 54.4 Å². The van der Waals surface area contributed by atoms with Gasteiger partial charge >= 0.3 is 0 Å². The Hall–Kier alpha value is -3.07. The maximum atomic E-state index is 5.88. The third-order valence-corrected chi connectivity index (χ3v) is 4.36. The van der Waals surface area contributed by atoms with E-state index < -0.39 is 0 Å². The monoisotopic (exact) mass is 328 g/mol. The van der Waals surface area contributed by atoms with Crippen molar-refractivity contribution in [1.29, 1.82) is 0 Å². The predicted octanol–water partition coefficient (Wildman–Crippen LogP) is 5.60. The predicted molar refractivity (Wildman–Crippen MR) is 103 cm³/mol. The molecular weight excluding hydrogens is 308 g/mol. The van der Waals surface area contributed by atoms with Gasteiger partial charge in [0.25, 0.3) is 0 Å². The average molecular weight is 328 g/mol. The number of aromatic nitrogens is 2. The first-order chi connectivity index (χ1) is 12.3. The molecule has 4 aromatic rings. The van der Waals surface area contributed by atoms with Crippen LogP contribution < -0.4 is 4.74 Å². The molecule has 124 valence electrons. The number of aryl methyl sites for hydroxylation is 1. The van der Waals surface area contributed by atoms with Crippen molar-refractivity contribution in [3.05, 3.63) is 72.4 Å². The molecule has 0 aliphatic rings. The molecule has 3 heteroatoms. The van der Waals surface area contributed by atoms with Gasteiger partial charge in [-0.3, -0.25) is 0 Å². The molecule has 0 bridgehead atoms. The summed E-state index contributed by atoms with van der Waals surface area (Å²) in [4.78, 5) is 8.31. The molecule has 2 aromatic carbocycles. The summed E-state index contributed by atoms with van der Waals surface area (Å²) in [7, 11) is 0. The fourth-order valence-corrected chi connectivity index (χ4v) is 3.23. The van der Waals surface area contributed by atoms with Crippen LogP contribution in [0.4, 0.5) is 0 Å². The van der Waals surface area contributed by atoms with Crippen LogP contribution in [0.25, 0.3) is 33.3 Å². The molecule has 0 fully saturated rings. The molecule has 1 N–H and O–H groups in total. The van der Waals surface area contributed by atoms with Gasteiger partial charge in [0.05, 0.1) is 23.4 Å². The standard InChI is InChI=1S/C22H20N2O/c1-3-25-22-20-15(2)23-21(17-12-8-5-9-13-17)18(20)14-19(24-22)16-10-6-4-7-11-16/h4-14,23H,3H2,1-2H3. The summed E-state index contributed by atoms with van der Waals surface area (Å²) >= 11 is 0. The summed E-state index contributed by atoms with van der Waals surface area (Å²) in [5.74, 6) is 0.690. The Bertz CT molecular complexity index is 1000. The Morgan fingerprint density at radius 1 is 0.920 bits per heavy atom. The summed E-state index contributed by atoms with van der Waals surface area (Å²) in [6, 6.07) is 22.8. The van der Waals surface area contributed by atoms with Crippen molar-refractivity contribution in [3.63, 3.8) is 0 Å². The number of H-pyrrole nitrogens is 1. The highest BCUT2D eigenvalue weighted by Crippen LogP contribution is 2.37. The van der Waals surface area contributed by atoms with E-state index in [1.807, 2.05) is 31.2 Å². The molecule has 4 rings (SSSR count). The minimum Gasteiger partial charge on any atom is -0.477 e. The SMILES string of the molecule is CCOc1nc(-c2ccccc2)cc2c(-c3ccccc3)[nH]c(C)c12. The summed E-state index contributed by atoms with van der Waals surface area (Å²) in [5, 5.41) is 2.20. The van der Waals surface area contributed by atoms with Crippen LogP contribution in [0.1, 0.15) is 12.6 Å². The maximum Gasteiger partial charge on any atom is 0.223 e. The molecule has 0 amide bonds. The molecule has 2 heterocycles. The lowest BCUT2D eigenvalue weighted by Crippen LogP contribution is -1.97. The van der Waals surface area contributed by atoms with Crippen molar-refractivity contribution < 1.29 is 4.74 Å². The molecule has 0 spiro atoms. The lowest BCUT2D eigenvalue weighted by Gasteiger charge is -2.09. The van der Waals surface area contributed by atoms with E-state index in [-0.39, 0.29) is 0 Å². The highest BCUT2D eigenvalue weighted by atomic mass is 16.5. The Kier molecular flexibility index (Phi) is 3.98. The normalized spacial score (nSPS) is 11.0. The zero-order valence-corrected chi connectivity index (χ0v) is 14.4. The lowest BCUT2D eigenvalue weighted by molar-refractivity contribution is 0.331. The molecule has 25 heavy (non-hydrogen) atoms. The number of aromatic amines is 1. The zero-order valence-electron chi connectivity index (χ0n) is 14.4. The van der Waals surface area contributed by atoms with E-state index in [9.17, 15) is 0 Å². The Labute approximate surface area is 147 Å². The molecule has 0 unspecified atom stereocenters. The number of pyridine rings is 1. The summed E-state index contributed by atoms with van der Waals surface area (Å²) in [5.41, 5.74) is 5.35. The van der Waals surface area contributed by atoms with Crippen LogP contribution in [0.15, 0.2) is 66.7 Å². The van der Waals surface area contributed by atoms with Crippen LogP contribution in [0.3, 0.4) is 0 Å². The van der Waals surface area contributed by atoms with Crippen LogP contribution in [0.2, 0.25) is 0 Å². The Morgan fingerprint density at radius 3 is 2.20 bits per heavy atom. The quantitative estimate of drug-likeness (QED) is 0.529. The third kappa shape index (κ3) is 2.78. The van der Waals surface area contributed by atoms with Crippen LogP contribution in [-0.4, -0.2) is 16.6 Å². The zero-order chi connectivity index (χ0) is 17.2. The van der Waals surface area contributed by atoms with Gasteiger partial charge in [0.15, 0.2) is 0 Å². The second kappa shape index (κ2) is 6.44. The lowest BCUT2D eigenvalue weighted by atomic mass is 10.0. The van der Waals surface area contributed by atoms with Gasteiger partial charge < -0.3 is 9.72 Å². The smallest absolute Gasteiger partial charge is 0.223 e. The first-order valence-electron chi connectivity index (χ1n) is 8.55. The second-order valence-corrected chi connectivity index (χ2v) is 6.03. The van der Waals surface area contributed by atoms with Crippen molar-refractivity contribution in [2.75, 3.05) is 6.61 Å². The van der Waals surface area contributed by atoms with Gasteiger partial charge in [0.1, 0.15) is 0 Å². The molecule has 0 saturated carbocycles. The fraction of sp³-hybridized carbons (Fsp3) is 0.136. The van der Waals surface area contributed by atoms with E-state index in [0.29, 0.717) is 12.5 Å². The van der Waals surface area contributed by atoms with Gasteiger partial charge in [-0.25, -0.2) is 4.98 Å². The van der Waals surface area contributed by atoms with Gasteiger partial charge in [-0.05, 0) is 25.5 Å². The topological polar surface area (TPSA) is 37.9 Å². The molecular formula is C22H20N2O. The van der Waals surface area contributed by atoms with E-state index >= 15 is 0 Å². The van der Waals surface area contributed by atoms with Gasteiger partial charge in [-0.15, -0.1) is 0 Å². The van der Waals surface area contributed by atoms with Crippen molar-refractivity contribution in [3.8, 4) is 28.4 Å². The van der Waals surface area contributed by atoms with E-state index in [1.165, 1.54) is 0 Å². The highest BCUT2D eigenvalue weighted by Gasteiger charge is 2.17. The number of ether oxygens (including phenoxy) is 1. The second-order valence-electron chi connectivity index (χ2n) is 6.03. The molecule has 0 saturated heterocycles. The largest absolute Gasteiger partial charge is 0.477 e. The number of benzene rings is 2. The van der Waals surface area contributed by atoms with Crippen LogP contribution >= 0.6 is 0 Å². The Balaban J connectivity index is 2.01. The number of fused-ring (bicyclic) bond motifs is 1. The molecule has 2 aromatic heterocycles. The summed E-state index contributed by atoms with van der Waals surface area (Å²) in [6.07, 6.45) is 0. The average Bonchev–Trinajstić information content (AvgIpc) is 3.00. The van der Waals surface area contributed by atoms with Crippen molar-refractivity contribution >= 4 is 10.8 Å². The first-order valence-corrected chi connectivity index (χ1v) is 8.55. The van der Waals surface area contributed by atoms with Crippen molar-refractivity contribution in [1.82, 2.24) is 9.97 Å². The molecule has 0 aliphatic heterocycles. The molecule has 0 radical (unpaired) electrons. The third-order valence-electron chi connectivity index (χ3n) is 4.36. The van der Waals surface area contributed by atoms with Crippen LogP contribution in [0, 0.1) is 6.92 Å². The number of rotatable bonds is 4. The fourth-order valence-electron chi connectivity index (χ4n) is 3.23. The van der Waals surface area contributed by atoms with Crippen LogP contribution in [-0.2, 0) is 0 Å². The van der Waals surface area contributed by atoms with Gasteiger partial charge in [0.2, 0.25) is 5.88 Å². The van der Waals surface area contributed by atoms with E-state index in [1.54, 1.807) is 0 Å². The van der Waals surface area contributed by atoms with Crippen LogP contribution in [0.5, 0.6) is 5.88 Å². The van der Waals surface area contributed by atoms with E-state index in [4.69, 9.17) is 9.72 Å². The molecule has 3 nitrogen and oxygen atoms in total. The number of nitrogens with one attached hydrogen (secondary N) is 1.